The molecule has 1 saturated heterocycles. The first-order valence-electron chi connectivity index (χ1n) is 10.2. The number of benzene rings is 1. The van der Waals surface area contributed by atoms with Gasteiger partial charge in [0.05, 0.1) is 42.9 Å². The zero-order valence-corrected chi connectivity index (χ0v) is 19.6. The van der Waals surface area contributed by atoms with E-state index in [4.69, 9.17) is 10.5 Å². The van der Waals surface area contributed by atoms with Gasteiger partial charge in [-0.1, -0.05) is 22.7 Å². The van der Waals surface area contributed by atoms with Crippen LogP contribution >= 0.6 is 22.7 Å². The van der Waals surface area contributed by atoms with Gasteiger partial charge in [0, 0.05) is 18.7 Å². The highest BCUT2D eigenvalue weighted by atomic mass is 32.1. The number of carbonyl (C=O) groups is 2. The number of morpholine rings is 1. The molecule has 15 heteroatoms. The van der Waals surface area contributed by atoms with Crippen molar-refractivity contribution in [3.63, 3.8) is 0 Å². The summed E-state index contributed by atoms with van der Waals surface area (Å²) in [5.41, 5.74) is 5.45. The van der Waals surface area contributed by atoms with Gasteiger partial charge in [0.2, 0.25) is 5.91 Å². The van der Waals surface area contributed by atoms with Gasteiger partial charge < -0.3 is 20.5 Å². The number of aromatic nitrogens is 3. The van der Waals surface area contributed by atoms with Crippen molar-refractivity contribution in [2.75, 3.05) is 43.9 Å². The number of thiazole rings is 1. The molecular weight excluding hydrogens is 509 g/mol. The van der Waals surface area contributed by atoms with E-state index >= 15 is 0 Å². The van der Waals surface area contributed by atoms with Gasteiger partial charge in [0.1, 0.15) is 5.01 Å². The number of anilines is 2. The summed E-state index contributed by atoms with van der Waals surface area (Å²) in [5.74, 6) is -1.58. The molecule has 0 unspecified atom stereocenters. The number of nitrogens with one attached hydrogen (secondary N) is 1. The number of alkyl halides is 3. The largest absolute Gasteiger partial charge is 0.573 e. The van der Waals surface area contributed by atoms with Crippen LogP contribution in [0.15, 0.2) is 24.4 Å². The Bertz CT molecular complexity index is 1210. The summed E-state index contributed by atoms with van der Waals surface area (Å²) in [4.78, 5) is 31.8. The number of halogens is 3. The summed E-state index contributed by atoms with van der Waals surface area (Å²) in [6.45, 7) is 1.93. The number of hydrogen-bond donors (Lipinski definition) is 2. The standard InChI is InChI=1S/C20H19F3N6O4S2/c21-20(22,23)33-14-2-1-11(7-12(14)26-16(31)10-29-3-5-32-6-4-29)13(30)8-17-27-28-18(35-17)15-9-25-19(24)34-15/h1-2,7,9H,3-6,8,10H2,(H2,24,25)(H,26,31). The average molecular weight is 529 g/mol. The average Bonchev–Trinajstić information content (AvgIpc) is 3.43. The fourth-order valence-electron chi connectivity index (χ4n) is 3.22. The highest BCUT2D eigenvalue weighted by Crippen LogP contribution is 2.33. The predicted octanol–water partition coefficient (Wildman–Crippen LogP) is 2.84. The van der Waals surface area contributed by atoms with Crippen molar-refractivity contribution in [3.05, 3.63) is 35.0 Å². The first kappa shape index (κ1) is 25.0. The molecular formula is C20H19F3N6O4S2. The zero-order valence-electron chi connectivity index (χ0n) is 18.0. The van der Waals surface area contributed by atoms with Crippen molar-refractivity contribution in [2.24, 2.45) is 0 Å². The number of hydrogen-bond acceptors (Lipinski definition) is 11. The number of nitrogens with zero attached hydrogens (tertiary/aromatic N) is 4. The molecule has 186 valence electrons. The van der Waals surface area contributed by atoms with Gasteiger partial charge in [-0.05, 0) is 18.2 Å². The van der Waals surface area contributed by atoms with Crippen LogP contribution in [0.5, 0.6) is 5.75 Å². The van der Waals surface area contributed by atoms with E-state index < -0.39 is 23.8 Å². The maximum absolute atomic E-state index is 12.9. The smallest absolute Gasteiger partial charge is 0.404 e. The molecule has 1 aliphatic rings. The Morgan fingerprint density at radius 2 is 1.97 bits per heavy atom. The van der Waals surface area contributed by atoms with Gasteiger partial charge in [-0.15, -0.1) is 23.4 Å². The van der Waals surface area contributed by atoms with Crippen LogP contribution < -0.4 is 15.8 Å². The molecule has 4 rings (SSSR count). The molecule has 1 fully saturated rings. The number of nitrogen functional groups attached to an aromatic ring is 1. The number of ketones is 1. The molecule has 3 N–H and O–H groups in total. The number of nitrogens with two attached hydrogens (primary N) is 1. The van der Waals surface area contributed by atoms with Gasteiger partial charge in [0.15, 0.2) is 21.7 Å². The number of amides is 1. The molecule has 2 aromatic heterocycles. The molecule has 0 atom stereocenters. The molecule has 3 aromatic rings. The minimum atomic E-state index is -4.97. The van der Waals surface area contributed by atoms with E-state index in [0.717, 1.165) is 12.1 Å². The van der Waals surface area contributed by atoms with Crippen molar-refractivity contribution < 1.29 is 32.2 Å². The molecule has 0 saturated carbocycles. The molecule has 0 radical (unpaired) electrons. The summed E-state index contributed by atoms with van der Waals surface area (Å²) < 4.78 is 47.9. The second kappa shape index (κ2) is 10.6. The topological polar surface area (TPSA) is 133 Å². The van der Waals surface area contributed by atoms with E-state index in [1.807, 2.05) is 4.90 Å². The third-order valence-electron chi connectivity index (χ3n) is 4.79. The minimum Gasteiger partial charge on any atom is -0.404 e. The maximum atomic E-state index is 12.9. The van der Waals surface area contributed by atoms with Gasteiger partial charge in [-0.2, -0.15) is 0 Å². The number of Topliss-reactive ketones (excluding diaryl/α,β-unsaturated/α-hetero) is 1. The first-order valence-corrected chi connectivity index (χ1v) is 11.9. The summed E-state index contributed by atoms with van der Waals surface area (Å²) in [7, 11) is 0. The van der Waals surface area contributed by atoms with Crippen LogP contribution in [0, 0.1) is 0 Å². The van der Waals surface area contributed by atoms with Gasteiger partial charge >= 0.3 is 6.36 Å². The lowest BCUT2D eigenvalue weighted by Crippen LogP contribution is -2.41. The maximum Gasteiger partial charge on any atom is 0.573 e. The Hall–Kier alpha value is -3.14. The third-order valence-corrected chi connectivity index (χ3v) is 6.70. The van der Waals surface area contributed by atoms with Crippen molar-refractivity contribution in [1.82, 2.24) is 20.1 Å². The molecule has 0 spiro atoms. The van der Waals surface area contributed by atoms with Crippen LogP contribution in [0.3, 0.4) is 0 Å². The van der Waals surface area contributed by atoms with Crippen LogP contribution in [0.4, 0.5) is 24.0 Å². The Balaban J connectivity index is 1.49. The lowest BCUT2D eigenvalue weighted by atomic mass is 10.1. The molecule has 3 heterocycles. The van der Waals surface area contributed by atoms with Crippen LogP contribution in [0.25, 0.3) is 9.88 Å². The Morgan fingerprint density at radius 1 is 1.20 bits per heavy atom. The SMILES string of the molecule is Nc1ncc(-c2nnc(CC(=O)c3ccc(OC(F)(F)F)c(NC(=O)CN4CCOCC4)c3)s2)s1. The van der Waals surface area contributed by atoms with E-state index in [-0.39, 0.29) is 24.2 Å². The third kappa shape index (κ3) is 6.94. The lowest BCUT2D eigenvalue weighted by molar-refractivity contribution is -0.274. The number of rotatable bonds is 8. The zero-order chi connectivity index (χ0) is 25.0. The first-order chi connectivity index (χ1) is 16.7. The monoisotopic (exact) mass is 528 g/mol. The van der Waals surface area contributed by atoms with Gasteiger partial charge in [0.25, 0.3) is 0 Å². The van der Waals surface area contributed by atoms with Crippen LogP contribution in [0.2, 0.25) is 0 Å². The summed E-state index contributed by atoms with van der Waals surface area (Å²) in [6.07, 6.45) is -3.55. The second-order valence-electron chi connectivity index (χ2n) is 7.36. The highest BCUT2D eigenvalue weighted by molar-refractivity contribution is 7.23. The molecule has 1 aliphatic heterocycles. The van der Waals surface area contributed by atoms with E-state index in [1.54, 1.807) is 6.20 Å². The van der Waals surface area contributed by atoms with E-state index in [9.17, 15) is 22.8 Å². The molecule has 10 nitrogen and oxygen atoms in total. The predicted molar refractivity (Wildman–Crippen MR) is 122 cm³/mol. The Labute approximate surface area is 204 Å². The van der Waals surface area contributed by atoms with Crippen LogP contribution in [-0.4, -0.2) is 71.0 Å². The molecule has 1 aromatic carbocycles. The molecule has 35 heavy (non-hydrogen) atoms. The second-order valence-corrected chi connectivity index (χ2v) is 9.48. The van der Waals surface area contributed by atoms with Gasteiger partial charge in [-0.3, -0.25) is 14.5 Å². The Kier molecular flexibility index (Phi) is 7.59. The molecule has 0 aliphatic carbocycles. The minimum absolute atomic E-state index is 0.0390. The number of ether oxygens (including phenoxy) is 2. The molecule has 1 amide bonds. The van der Waals surface area contributed by atoms with Crippen molar-refractivity contribution in [1.29, 1.82) is 0 Å². The van der Waals surface area contributed by atoms with Crippen molar-refractivity contribution >= 4 is 45.2 Å². The fourth-order valence-corrected chi connectivity index (χ4v) is 4.77. The summed E-state index contributed by atoms with van der Waals surface area (Å²) in [5, 5.41) is 11.8. The van der Waals surface area contributed by atoms with Gasteiger partial charge in [-0.25, -0.2) is 4.98 Å². The lowest BCUT2D eigenvalue weighted by Gasteiger charge is -2.26. The highest BCUT2D eigenvalue weighted by Gasteiger charge is 2.32. The Morgan fingerprint density at radius 3 is 2.66 bits per heavy atom. The fraction of sp³-hybridized carbons (Fsp3) is 0.350. The van der Waals surface area contributed by atoms with E-state index in [1.165, 1.54) is 28.7 Å². The quantitative estimate of drug-likeness (QED) is 0.424. The van der Waals surface area contributed by atoms with Crippen molar-refractivity contribution in [2.45, 2.75) is 12.8 Å². The number of carbonyl (C=O) groups excluding carboxylic acids is 2. The summed E-state index contributed by atoms with van der Waals surface area (Å²) in [6, 6.07) is 3.36. The van der Waals surface area contributed by atoms with E-state index in [2.05, 4.69) is 25.2 Å². The van der Waals surface area contributed by atoms with E-state index in [0.29, 0.717) is 46.3 Å². The van der Waals surface area contributed by atoms with Crippen molar-refractivity contribution in [3.8, 4) is 15.6 Å². The normalized spacial score (nSPS) is 14.6. The van der Waals surface area contributed by atoms with Crippen LogP contribution in [0.1, 0.15) is 15.4 Å². The molecule has 0 bridgehead atoms. The van der Waals surface area contributed by atoms with Crippen LogP contribution in [-0.2, 0) is 16.0 Å². The summed E-state index contributed by atoms with van der Waals surface area (Å²) >= 11 is 2.41.